The van der Waals surface area contributed by atoms with Crippen LogP contribution in [-0.4, -0.2) is 90.0 Å². The molecule has 0 atom stereocenters. The molecule has 0 saturated carbocycles. The van der Waals surface area contributed by atoms with Gasteiger partial charge in [0.05, 0.1) is 5.60 Å². The largest absolute Gasteiger partial charge is 0.444 e. The Bertz CT molecular complexity index is 1220. The van der Waals surface area contributed by atoms with E-state index in [0.29, 0.717) is 32.1 Å². The summed E-state index contributed by atoms with van der Waals surface area (Å²) in [6.07, 6.45) is 5.92. The number of imide groups is 1. The maximum atomic E-state index is 12.5. The van der Waals surface area contributed by atoms with Gasteiger partial charge in [0.2, 0.25) is 5.91 Å². The highest BCUT2D eigenvalue weighted by Crippen LogP contribution is 2.33. The monoisotopic (exact) mass is 539 g/mol. The minimum absolute atomic E-state index is 0.225. The van der Waals surface area contributed by atoms with E-state index in [1.165, 1.54) is 0 Å². The molecule has 3 aliphatic rings. The maximum Gasteiger partial charge on any atom is 0.410 e. The van der Waals surface area contributed by atoms with Crippen molar-refractivity contribution >= 4 is 34.6 Å². The lowest BCUT2D eigenvalue weighted by Crippen LogP contribution is -2.54. The Labute approximate surface area is 230 Å². The van der Waals surface area contributed by atoms with Crippen LogP contribution >= 0.6 is 0 Å². The third-order valence-electron chi connectivity index (χ3n) is 8.29. The van der Waals surface area contributed by atoms with E-state index in [-0.39, 0.29) is 23.6 Å². The Morgan fingerprint density at radius 2 is 1.77 bits per heavy atom. The third kappa shape index (κ3) is 6.06. The van der Waals surface area contributed by atoms with Crippen molar-refractivity contribution in [3.8, 4) is 0 Å². The second-order valence-corrected chi connectivity index (χ2v) is 12.1. The first-order chi connectivity index (χ1) is 18.6. The number of hydrogen-bond acceptors (Lipinski definition) is 6. The molecular formula is C29H41N5O5. The van der Waals surface area contributed by atoms with Crippen molar-refractivity contribution in [1.29, 1.82) is 0 Å². The topological polar surface area (TPSA) is 96.4 Å². The lowest BCUT2D eigenvalue weighted by Gasteiger charge is -2.45. The van der Waals surface area contributed by atoms with Crippen LogP contribution in [0.5, 0.6) is 0 Å². The van der Waals surface area contributed by atoms with E-state index >= 15 is 0 Å². The first-order valence-electron chi connectivity index (χ1n) is 14.0. The predicted octanol–water partition coefficient (Wildman–Crippen LogP) is 4.14. The average molecular weight is 540 g/mol. The molecule has 10 nitrogen and oxygen atoms in total. The third-order valence-corrected chi connectivity index (χ3v) is 8.29. The molecule has 1 aromatic carbocycles. The molecule has 0 radical (unpaired) electrons. The summed E-state index contributed by atoms with van der Waals surface area (Å²) in [5.74, 6) is -0.225. The number of aromatic nitrogens is 1. The van der Waals surface area contributed by atoms with Crippen LogP contribution in [0.15, 0.2) is 30.5 Å². The second-order valence-electron chi connectivity index (χ2n) is 12.1. The zero-order valence-corrected chi connectivity index (χ0v) is 23.6. The van der Waals surface area contributed by atoms with Crippen molar-refractivity contribution in [3.05, 3.63) is 30.5 Å². The molecule has 39 heavy (non-hydrogen) atoms. The number of carbonyl (C=O) groups excluding carboxylic acids is 3. The van der Waals surface area contributed by atoms with E-state index < -0.39 is 5.60 Å². The smallest absolute Gasteiger partial charge is 0.410 e. The first-order valence-corrected chi connectivity index (χ1v) is 14.0. The van der Waals surface area contributed by atoms with Gasteiger partial charge in [-0.25, -0.2) is 9.59 Å². The number of anilines is 1. The highest BCUT2D eigenvalue weighted by atomic mass is 16.6. The van der Waals surface area contributed by atoms with Crippen LogP contribution in [0.2, 0.25) is 0 Å². The minimum atomic E-state index is -0.490. The number of fused-ring (bicyclic) bond motifs is 1. The summed E-state index contributed by atoms with van der Waals surface area (Å²) < 4.78 is 14.0. The molecular weight excluding hydrogens is 498 g/mol. The van der Waals surface area contributed by atoms with Gasteiger partial charge in [0.25, 0.3) is 0 Å². The number of nitrogens with zero attached hydrogens (tertiary/aromatic N) is 4. The van der Waals surface area contributed by atoms with Gasteiger partial charge in [0, 0.05) is 81.6 Å². The van der Waals surface area contributed by atoms with Crippen molar-refractivity contribution in [2.45, 2.75) is 70.1 Å². The number of benzene rings is 1. The van der Waals surface area contributed by atoms with Gasteiger partial charge in [-0.2, -0.15) is 0 Å². The molecule has 0 aliphatic carbocycles. The molecule has 10 heteroatoms. The van der Waals surface area contributed by atoms with Crippen molar-refractivity contribution in [2.75, 3.05) is 51.3 Å². The number of urea groups is 1. The van der Waals surface area contributed by atoms with Gasteiger partial charge in [-0.1, -0.05) is 0 Å². The van der Waals surface area contributed by atoms with E-state index in [1.54, 1.807) is 16.9 Å². The fourth-order valence-corrected chi connectivity index (χ4v) is 6.06. The van der Waals surface area contributed by atoms with Crippen molar-refractivity contribution in [1.82, 2.24) is 19.7 Å². The van der Waals surface area contributed by atoms with Gasteiger partial charge in [-0.15, -0.1) is 0 Å². The van der Waals surface area contributed by atoms with E-state index in [4.69, 9.17) is 9.47 Å². The summed E-state index contributed by atoms with van der Waals surface area (Å²) in [5, 5.41) is 3.49. The Hall–Kier alpha value is -3.11. The van der Waals surface area contributed by atoms with Crippen molar-refractivity contribution in [2.24, 2.45) is 0 Å². The Balaban J connectivity index is 1.17. The summed E-state index contributed by atoms with van der Waals surface area (Å²) in [4.78, 5) is 42.2. The number of likely N-dealkylation sites (tertiary alicyclic amines) is 2. The predicted molar refractivity (Wildman–Crippen MR) is 149 cm³/mol. The fraction of sp³-hybridized carbons (Fsp3) is 0.621. The lowest BCUT2D eigenvalue weighted by atomic mass is 9.89. The van der Waals surface area contributed by atoms with E-state index in [1.807, 2.05) is 32.9 Å². The molecule has 1 aromatic heterocycles. The van der Waals surface area contributed by atoms with Crippen LogP contribution in [0.25, 0.3) is 10.9 Å². The van der Waals surface area contributed by atoms with Crippen LogP contribution in [0.3, 0.4) is 0 Å². The Morgan fingerprint density at radius 1 is 1.05 bits per heavy atom. The van der Waals surface area contributed by atoms with Gasteiger partial charge in [0.1, 0.15) is 5.60 Å². The van der Waals surface area contributed by atoms with E-state index in [2.05, 4.69) is 33.1 Å². The molecule has 0 bridgehead atoms. The first kappa shape index (κ1) is 27.5. The zero-order chi connectivity index (χ0) is 27.8. The summed E-state index contributed by atoms with van der Waals surface area (Å²) >= 11 is 0. The Morgan fingerprint density at radius 3 is 2.41 bits per heavy atom. The van der Waals surface area contributed by atoms with Crippen LogP contribution in [0.4, 0.5) is 15.3 Å². The number of methoxy groups -OCH3 is 1. The quantitative estimate of drug-likeness (QED) is 0.614. The summed E-state index contributed by atoms with van der Waals surface area (Å²) in [6, 6.07) is 8.24. The van der Waals surface area contributed by atoms with E-state index in [0.717, 1.165) is 61.9 Å². The molecule has 3 fully saturated rings. The van der Waals surface area contributed by atoms with Crippen LogP contribution in [-0.2, 0) is 14.3 Å². The summed E-state index contributed by atoms with van der Waals surface area (Å²) in [7, 11) is 1.79. The van der Waals surface area contributed by atoms with Gasteiger partial charge in [0.15, 0.2) is 0 Å². The van der Waals surface area contributed by atoms with E-state index in [9.17, 15) is 14.4 Å². The average Bonchev–Trinajstić information content (AvgIpc) is 3.32. The molecule has 0 spiro atoms. The Kier molecular flexibility index (Phi) is 7.61. The normalized spacial score (nSPS) is 21.3. The molecule has 3 aliphatic heterocycles. The fourth-order valence-electron chi connectivity index (χ4n) is 6.06. The molecule has 212 valence electrons. The van der Waals surface area contributed by atoms with Crippen molar-refractivity contribution in [3.63, 3.8) is 0 Å². The standard InChI is InChI=1S/C29H41N5O5/c1-28(2,3)39-27(37)32-17-11-29(38-4,12-18-32)20-31-13-8-22(9-14-31)33-15-7-21-19-23(5-6-24(21)33)34-16-10-25(35)30-26(34)36/h5-7,15,19,22H,8-14,16-18,20H2,1-4H3,(H,30,35,36). The highest BCUT2D eigenvalue weighted by Gasteiger charge is 2.39. The van der Waals surface area contributed by atoms with Gasteiger partial charge in [-0.05, 0) is 70.7 Å². The minimum Gasteiger partial charge on any atom is -0.444 e. The molecule has 4 heterocycles. The zero-order valence-electron chi connectivity index (χ0n) is 23.6. The van der Waals surface area contributed by atoms with Crippen LogP contribution < -0.4 is 10.2 Å². The SMILES string of the molecule is COC1(CN2CCC(n3ccc4cc(N5CCC(=O)NC5=O)ccc43)CC2)CCN(C(=O)OC(C)(C)C)CC1. The number of carbonyl (C=O) groups is 3. The molecule has 3 saturated heterocycles. The molecule has 2 aromatic rings. The van der Waals surface area contributed by atoms with Crippen molar-refractivity contribution < 1.29 is 23.9 Å². The van der Waals surface area contributed by atoms with Crippen LogP contribution in [0.1, 0.15) is 58.9 Å². The highest BCUT2D eigenvalue weighted by molar-refractivity contribution is 6.06. The number of ether oxygens (including phenoxy) is 2. The molecule has 4 amide bonds. The molecule has 5 rings (SSSR count). The number of nitrogens with one attached hydrogen (secondary N) is 1. The number of hydrogen-bond donors (Lipinski definition) is 1. The summed E-state index contributed by atoms with van der Waals surface area (Å²) in [6.45, 7) is 10.2. The number of rotatable bonds is 5. The van der Waals surface area contributed by atoms with Crippen LogP contribution in [0, 0.1) is 0 Å². The number of piperidine rings is 2. The second kappa shape index (κ2) is 10.8. The van der Waals surface area contributed by atoms with Gasteiger partial charge in [-0.3, -0.25) is 15.0 Å². The number of amides is 4. The summed E-state index contributed by atoms with van der Waals surface area (Å²) in [5.41, 5.74) is 1.24. The maximum absolute atomic E-state index is 12.5. The van der Waals surface area contributed by atoms with Gasteiger partial charge >= 0.3 is 12.1 Å². The van der Waals surface area contributed by atoms with Gasteiger partial charge < -0.3 is 23.8 Å². The molecule has 1 N–H and O–H groups in total. The lowest BCUT2D eigenvalue weighted by molar-refractivity contribution is -0.120. The molecule has 0 unspecified atom stereocenters.